The highest BCUT2D eigenvalue weighted by molar-refractivity contribution is 5.27. The molecule has 1 rings (SSSR count). The predicted molar refractivity (Wildman–Crippen MR) is 43.0 cm³/mol. The van der Waals surface area contributed by atoms with Crippen LogP contribution in [0.3, 0.4) is 0 Å². The van der Waals surface area contributed by atoms with Crippen LogP contribution in [0.4, 0.5) is 4.39 Å². The Labute approximate surface area is 69.9 Å². The van der Waals surface area contributed by atoms with Gasteiger partial charge < -0.3 is 5.11 Å². The maximum absolute atomic E-state index is 12.9. The van der Waals surface area contributed by atoms with Gasteiger partial charge in [0.05, 0.1) is 0 Å². The average molecular weight is 168 g/mol. The molecule has 0 aliphatic carbocycles. The number of hydrogen-bond acceptors (Lipinski definition) is 3. The summed E-state index contributed by atoms with van der Waals surface area (Å²) in [4.78, 5) is 0. The lowest BCUT2D eigenvalue weighted by Crippen LogP contribution is -2.37. The van der Waals surface area contributed by atoms with Gasteiger partial charge in [-0.2, -0.15) is 0 Å². The zero-order valence-electron chi connectivity index (χ0n) is 6.37. The van der Waals surface area contributed by atoms with Crippen molar-refractivity contribution in [2.45, 2.75) is 6.04 Å². The molecule has 0 spiro atoms. The maximum atomic E-state index is 12.9. The number of aliphatic hydroxyl groups is 1. The molecule has 0 bridgehead atoms. The van der Waals surface area contributed by atoms with E-state index >= 15 is 0 Å². The SMILES string of the molecule is NN1C=CC=C(F)C1C#CCO. The van der Waals surface area contributed by atoms with Gasteiger partial charge in [0.15, 0.2) is 6.04 Å². The van der Waals surface area contributed by atoms with E-state index in [0.29, 0.717) is 0 Å². The summed E-state index contributed by atoms with van der Waals surface area (Å²) in [6.07, 6.45) is 4.30. The van der Waals surface area contributed by atoms with E-state index in [0.717, 1.165) is 5.01 Å². The third-order valence-electron chi connectivity index (χ3n) is 1.39. The Morgan fingerprint density at radius 2 is 2.50 bits per heavy atom. The van der Waals surface area contributed by atoms with Crippen molar-refractivity contribution < 1.29 is 9.50 Å². The topological polar surface area (TPSA) is 49.5 Å². The van der Waals surface area contributed by atoms with Crippen molar-refractivity contribution in [1.29, 1.82) is 0 Å². The van der Waals surface area contributed by atoms with Crippen molar-refractivity contribution in [1.82, 2.24) is 5.01 Å². The van der Waals surface area contributed by atoms with E-state index in [4.69, 9.17) is 10.9 Å². The first kappa shape index (κ1) is 8.78. The van der Waals surface area contributed by atoms with Crippen LogP contribution in [0.15, 0.2) is 24.2 Å². The van der Waals surface area contributed by atoms with Crippen LogP contribution in [0.5, 0.6) is 0 Å². The van der Waals surface area contributed by atoms with E-state index in [9.17, 15) is 4.39 Å². The van der Waals surface area contributed by atoms with Crippen molar-refractivity contribution >= 4 is 0 Å². The van der Waals surface area contributed by atoms with Crippen LogP contribution in [-0.2, 0) is 0 Å². The van der Waals surface area contributed by atoms with Gasteiger partial charge in [-0.05, 0) is 12.2 Å². The fourth-order valence-corrected chi connectivity index (χ4v) is 0.840. The number of halogens is 1. The Morgan fingerprint density at radius 3 is 3.08 bits per heavy atom. The molecule has 12 heavy (non-hydrogen) atoms. The van der Waals surface area contributed by atoms with Gasteiger partial charge in [0.2, 0.25) is 0 Å². The lowest BCUT2D eigenvalue weighted by atomic mass is 10.2. The molecular formula is C8H9FN2O. The van der Waals surface area contributed by atoms with Gasteiger partial charge in [0.25, 0.3) is 0 Å². The summed E-state index contributed by atoms with van der Waals surface area (Å²) >= 11 is 0. The van der Waals surface area contributed by atoms with Crippen molar-refractivity contribution in [2.75, 3.05) is 6.61 Å². The Bertz CT molecular complexity index is 275. The van der Waals surface area contributed by atoms with E-state index in [2.05, 4.69) is 11.8 Å². The van der Waals surface area contributed by atoms with Gasteiger partial charge in [-0.3, -0.25) is 5.01 Å². The molecule has 0 aromatic heterocycles. The molecule has 4 heteroatoms. The smallest absolute Gasteiger partial charge is 0.156 e. The summed E-state index contributed by atoms with van der Waals surface area (Å²) in [7, 11) is 0. The monoisotopic (exact) mass is 168 g/mol. The molecule has 1 aliphatic rings. The van der Waals surface area contributed by atoms with Gasteiger partial charge in [-0.25, -0.2) is 10.2 Å². The maximum Gasteiger partial charge on any atom is 0.156 e. The molecule has 0 radical (unpaired) electrons. The van der Waals surface area contributed by atoms with Crippen molar-refractivity contribution in [2.24, 2.45) is 5.84 Å². The van der Waals surface area contributed by atoms with Crippen LogP contribution < -0.4 is 5.84 Å². The minimum Gasteiger partial charge on any atom is -0.384 e. The highest BCUT2D eigenvalue weighted by Crippen LogP contribution is 2.13. The van der Waals surface area contributed by atoms with Crippen LogP contribution >= 0.6 is 0 Å². The van der Waals surface area contributed by atoms with Gasteiger partial charge in [0.1, 0.15) is 12.4 Å². The molecule has 3 nitrogen and oxygen atoms in total. The third kappa shape index (κ3) is 1.84. The second-order valence-electron chi connectivity index (χ2n) is 2.22. The fourth-order valence-electron chi connectivity index (χ4n) is 0.840. The lowest BCUT2D eigenvalue weighted by molar-refractivity contribution is 0.325. The standard InChI is InChI=1S/C8H9FN2O/c9-7-3-1-5-11(10)8(7)4-2-6-12/h1,3,5,8,12H,6,10H2. The molecule has 0 aromatic carbocycles. The first-order chi connectivity index (χ1) is 5.75. The molecule has 1 unspecified atom stereocenters. The van der Waals surface area contributed by atoms with Gasteiger partial charge in [-0.15, -0.1) is 0 Å². The Balaban J connectivity index is 2.75. The molecule has 0 saturated heterocycles. The van der Waals surface area contributed by atoms with Crippen LogP contribution in [0, 0.1) is 11.8 Å². The Morgan fingerprint density at radius 1 is 1.75 bits per heavy atom. The number of nitrogens with two attached hydrogens (primary N) is 1. The molecule has 0 amide bonds. The molecule has 0 saturated carbocycles. The fraction of sp³-hybridized carbons (Fsp3) is 0.250. The quantitative estimate of drug-likeness (QED) is 0.392. The number of allylic oxidation sites excluding steroid dienone is 2. The molecule has 64 valence electrons. The number of rotatable bonds is 0. The van der Waals surface area contributed by atoms with Crippen molar-refractivity contribution in [3.8, 4) is 11.8 Å². The molecule has 3 N–H and O–H groups in total. The summed E-state index contributed by atoms with van der Waals surface area (Å²) in [5.41, 5.74) is 0. The Hall–Kier alpha value is -1.31. The molecule has 0 fully saturated rings. The largest absolute Gasteiger partial charge is 0.384 e. The van der Waals surface area contributed by atoms with Gasteiger partial charge in [0, 0.05) is 6.20 Å². The number of hydrazine groups is 1. The van der Waals surface area contributed by atoms with Gasteiger partial charge in [-0.1, -0.05) is 11.8 Å². The lowest BCUT2D eigenvalue weighted by Gasteiger charge is -2.22. The van der Waals surface area contributed by atoms with E-state index < -0.39 is 11.9 Å². The van der Waals surface area contributed by atoms with Gasteiger partial charge >= 0.3 is 0 Å². The number of hydrogen-bond donors (Lipinski definition) is 2. The van der Waals surface area contributed by atoms with Crippen LogP contribution in [-0.4, -0.2) is 22.8 Å². The normalized spacial score (nSPS) is 21.4. The first-order valence-electron chi connectivity index (χ1n) is 3.42. The van der Waals surface area contributed by atoms with Crippen molar-refractivity contribution in [3.05, 3.63) is 24.2 Å². The zero-order valence-corrected chi connectivity index (χ0v) is 6.37. The molecule has 1 atom stereocenters. The highest BCUT2D eigenvalue weighted by atomic mass is 19.1. The summed E-state index contributed by atoms with van der Waals surface area (Å²) in [6.45, 7) is -0.290. The molecule has 1 heterocycles. The zero-order chi connectivity index (χ0) is 8.97. The second-order valence-corrected chi connectivity index (χ2v) is 2.22. The summed E-state index contributed by atoms with van der Waals surface area (Å²) in [5, 5.41) is 9.53. The van der Waals surface area contributed by atoms with E-state index in [-0.39, 0.29) is 6.61 Å². The second kappa shape index (κ2) is 3.90. The molecule has 0 aromatic rings. The Kier molecular flexibility index (Phi) is 2.86. The van der Waals surface area contributed by atoms with E-state index in [1.165, 1.54) is 18.4 Å². The first-order valence-corrected chi connectivity index (χ1v) is 3.42. The number of nitrogens with zero attached hydrogens (tertiary/aromatic N) is 1. The minimum absolute atomic E-state index is 0.290. The van der Waals surface area contributed by atoms with E-state index in [1.807, 2.05) is 0 Å². The van der Waals surface area contributed by atoms with Crippen LogP contribution in [0.25, 0.3) is 0 Å². The van der Waals surface area contributed by atoms with E-state index in [1.54, 1.807) is 0 Å². The summed E-state index contributed by atoms with van der Waals surface area (Å²) in [6, 6.07) is -0.762. The van der Waals surface area contributed by atoms with Crippen LogP contribution in [0.2, 0.25) is 0 Å². The summed E-state index contributed by atoms with van der Waals surface area (Å²) < 4.78 is 12.9. The molecule has 1 aliphatic heterocycles. The van der Waals surface area contributed by atoms with Crippen molar-refractivity contribution in [3.63, 3.8) is 0 Å². The number of aliphatic hydroxyl groups excluding tert-OH is 1. The molecular weight excluding hydrogens is 159 g/mol. The van der Waals surface area contributed by atoms with Crippen LogP contribution in [0.1, 0.15) is 0 Å². The minimum atomic E-state index is -0.762. The third-order valence-corrected chi connectivity index (χ3v) is 1.39. The average Bonchev–Trinajstić information content (AvgIpc) is 2.04. The summed E-state index contributed by atoms with van der Waals surface area (Å²) in [5.74, 6) is 9.80. The highest BCUT2D eigenvalue weighted by Gasteiger charge is 2.17. The predicted octanol–water partition coefficient (Wildman–Crippen LogP) is -0.0929.